The Hall–Kier alpha value is -1.08. The van der Waals surface area contributed by atoms with Crippen molar-refractivity contribution in [1.29, 1.82) is 0 Å². The highest BCUT2D eigenvalue weighted by molar-refractivity contribution is 7.99. The highest BCUT2D eigenvalue weighted by Crippen LogP contribution is 2.35. The van der Waals surface area contributed by atoms with E-state index in [2.05, 4.69) is 30.7 Å². The van der Waals surface area contributed by atoms with Crippen LogP contribution in [0, 0.1) is 5.41 Å². The molecule has 1 aromatic heterocycles. The number of thioether (sulfide) groups is 1. The van der Waals surface area contributed by atoms with Gasteiger partial charge < -0.3 is 14.2 Å². The van der Waals surface area contributed by atoms with Crippen LogP contribution in [-0.4, -0.2) is 41.1 Å². The summed E-state index contributed by atoms with van der Waals surface area (Å²) in [6.45, 7) is 8.70. The van der Waals surface area contributed by atoms with Crippen LogP contribution in [0.15, 0.2) is 11.2 Å². The lowest BCUT2D eigenvalue weighted by atomic mass is 9.92. The maximum atomic E-state index is 5.51. The van der Waals surface area contributed by atoms with E-state index in [9.17, 15) is 0 Å². The van der Waals surface area contributed by atoms with E-state index < -0.39 is 0 Å². The summed E-state index contributed by atoms with van der Waals surface area (Å²) in [5, 5.41) is 1.28. The minimum absolute atomic E-state index is 0.00905. The normalized spacial score (nSPS) is 12.7. The minimum atomic E-state index is 0.00905. The van der Waals surface area contributed by atoms with Crippen LogP contribution in [0.2, 0.25) is 0 Å². The molecule has 0 bridgehead atoms. The highest BCUT2D eigenvalue weighted by atomic mass is 32.2. The first-order valence-electron chi connectivity index (χ1n) is 6.53. The van der Waals surface area contributed by atoms with E-state index in [0.29, 0.717) is 28.6 Å². The fourth-order valence-electron chi connectivity index (χ4n) is 1.43. The van der Waals surface area contributed by atoms with Gasteiger partial charge in [-0.25, -0.2) is 0 Å². The summed E-state index contributed by atoms with van der Waals surface area (Å²) in [6, 6.07) is 1.65. The number of methoxy groups -OCH3 is 2. The topological polar surface area (TPSA) is 53.5 Å². The smallest absolute Gasteiger partial charge is 0.220 e. The van der Waals surface area contributed by atoms with Crippen molar-refractivity contribution >= 4 is 29.0 Å². The fourth-order valence-corrected chi connectivity index (χ4v) is 2.52. The van der Waals surface area contributed by atoms with Gasteiger partial charge in [-0.3, -0.25) is 0 Å². The standard InChI is InChI=1S/C14H22N2O3S2/c1-9(20)19-8-10(14(2,3)4)21-13-15-11(17-5)7-12(16-13)18-6/h7,10H,8H2,1-6H3. The van der Waals surface area contributed by atoms with Gasteiger partial charge in [0.05, 0.1) is 25.5 Å². The quantitative estimate of drug-likeness (QED) is 0.450. The molecule has 0 aromatic carbocycles. The second-order valence-corrected chi connectivity index (χ2v) is 7.26. The van der Waals surface area contributed by atoms with Gasteiger partial charge >= 0.3 is 0 Å². The van der Waals surface area contributed by atoms with Gasteiger partial charge in [0.1, 0.15) is 6.61 Å². The third kappa shape index (κ3) is 6.05. The van der Waals surface area contributed by atoms with Gasteiger partial charge in [-0.1, -0.05) is 32.5 Å². The van der Waals surface area contributed by atoms with E-state index in [-0.39, 0.29) is 10.7 Å². The Balaban J connectivity index is 2.94. The molecule has 0 radical (unpaired) electrons. The average Bonchev–Trinajstić information content (AvgIpc) is 2.41. The van der Waals surface area contributed by atoms with E-state index in [1.807, 2.05) is 0 Å². The molecule has 0 saturated carbocycles. The van der Waals surface area contributed by atoms with E-state index in [0.717, 1.165) is 0 Å². The summed E-state index contributed by atoms with van der Waals surface area (Å²) in [6.07, 6.45) is 0. The lowest BCUT2D eigenvalue weighted by Crippen LogP contribution is -2.29. The second-order valence-electron chi connectivity index (χ2n) is 5.51. The fraction of sp³-hybridized carbons (Fsp3) is 0.643. The van der Waals surface area contributed by atoms with Gasteiger partial charge in [-0.2, -0.15) is 9.97 Å². The lowest BCUT2D eigenvalue weighted by Gasteiger charge is -2.29. The molecule has 1 atom stereocenters. The molecule has 1 heterocycles. The predicted octanol–water partition coefficient (Wildman–Crippen LogP) is 3.36. The summed E-state index contributed by atoms with van der Waals surface area (Å²) in [7, 11) is 3.13. The molecule has 0 saturated heterocycles. The van der Waals surface area contributed by atoms with Crippen LogP contribution in [0.25, 0.3) is 0 Å². The summed E-state index contributed by atoms with van der Waals surface area (Å²) < 4.78 is 15.8. The summed E-state index contributed by atoms with van der Waals surface area (Å²) in [5.74, 6) is 0.952. The molecule has 1 unspecified atom stereocenters. The van der Waals surface area contributed by atoms with Crippen LogP contribution in [-0.2, 0) is 4.74 Å². The van der Waals surface area contributed by atoms with Crippen LogP contribution in [0.1, 0.15) is 27.7 Å². The Kier molecular flexibility index (Phi) is 6.67. The third-order valence-corrected chi connectivity index (χ3v) is 4.37. The molecule has 0 spiro atoms. The van der Waals surface area contributed by atoms with Gasteiger partial charge in [-0.05, 0) is 17.6 Å². The highest BCUT2D eigenvalue weighted by Gasteiger charge is 2.28. The van der Waals surface area contributed by atoms with E-state index in [1.165, 1.54) is 11.8 Å². The van der Waals surface area contributed by atoms with Crippen molar-refractivity contribution in [3.8, 4) is 11.8 Å². The zero-order valence-electron chi connectivity index (χ0n) is 13.3. The van der Waals surface area contributed by atoms with Crippen molar-refractivity contribution in [2.45, 2.75) is 38.1 Å². The number of hydrogen-bond donors (Lipinski definition) is 0. The molecule has 1 rings (SSSR count). The molecule has 0 aliphatic rings. The molecule has 5 nitrogen and oxygen atoms in total. The molecule has 0 fully saturated rings. The van der Waals surface area contributed by atoms with Crippen molar-refractivity contribution in [1.82, 2.24) is 9.97 Å². The molecule has 0 aliphatic heterocycles. The van der Waals surface area contributed by atoms with Gasteiger partial charge in [0.15, 0.2) is 10.2 Å². The largest absolute Gasteiger partial charge is 0.486 e. The molecule has 7 heteroatoms. The van der Waals surface area contributed by atoms with Gasteiger partial charge in [0, 0.05) is 6.92 Å². The molecule has 21 heavy (non-hydrogen) atoms. The summed E-state index contributed by atoms with van der Waals surface area (Å²) in [4.78, 5) is 8.68. The SMILES string of the molecule is COc1cc(OC)nc(SC(COC(C)=S)C(C)(C)C)n1. The van der Waals surface area contributed by atoms with E-state index >= 15 is 0 Å². The Morgan fingerprint density at radius 1 is 1.24 bits per heavy atom. The number of nitrogens with zero attached hydrogens (tertiary/aromatic N) is 2. The van der Waals surface area contributed by atoms with Crippen molar-refractivity contribution in [3.05, 3.63) is 6.07 Å². The van der Waals surface area contributed by atoms with Crippen LogP contribution in [0.5, 0.6) is 11.8 Å². The maximum Gasteiger partial charge on any atom is 0.220 e. The van der Waals surface area contributed by atoms with Crippen molar-refractivity contribution < 1.29 is 14.2 Å². The molecule has 0 N–H and O–H groups in total. The summed E-state index contributed by atoms with van der Waals surface area (Å²) >= 11 is 6.51. The molecular weight excluding hydrogens is 308 g/mol. The zero-order chi connectivity index (χ0) is 16.0. The molecule has 118 valence electrons. The number of rotatable bonds is 6. The Labute approximate surface area is 135 Å². The Bertz CT molecular complexity index is 467. The van der Waals surface area contributed by atoms with Crippen LogP contribution < -0.4 is 9.47 Å². The average molecular weight is 330 g/mol. The van der Waals surface area contributed by atoms with Gasteiger partial charge in [0.25, 0.3) is 0 Å². The number of hydrogen-bond acceptors (Lipinski definition) is 7. The van der Waals surface area contributed by atoms with Gasteiger partial charge in [-0.15, -0.1) is 0 Å². The number of thiocarbonyl (C=S) groups is 1. The molecule has 0 aliphatic carbocycles. The second kappa shape index (κ2) is 7.79. The summed E-state index contributed by atoms with van der Waals surface area (Å²) in [5.41, 5.74) is 0.00905. The van der Waals surface area contributed by atoms with Crippen molar-refractivity contribution in [3.63, 3.8) is 0 Å². The third-order valence-electron chi connectivity index (χ3n) is 2.73. The number of aromatic nitrogens is 2. The monoisotopic (exact) mass is 330 g/mol. The Morgan fingerprint density at radius 3 is 2.14 bits per heavy atom. The van der Waals surface area contributed by atoms with Crippen LogP contribution in [0.4, 0.5) is 0 Å². The number of ether oxygens (including phenoxy) is 3. The van der Waals surface area contributed by atoms with Crippen molar-refractivity contribution in [2.24, 2.45) is 5.41 Å². The van der Waals surface area contributed by atoms with Crippen molar-refractivity contribution in [2.75, 3.05) is 20.8 Å². The molecular formula is C14H22N2O3S2. The Morgan fingerprint density at radius 2 is 1.76 bits per heavy atom. The van der Waals surface area contributed by atoms with Gasteiger partial charge in [0.2, 0.25) is 11.8 Å². The molecule has 1 aromatic rings. The van der Waals surface area contributed by atoms with Crippen LogP contribution >= 0.6 is 24.0 Å². The van der Waals surface area contributed by atoms with E-state index in [4.69, 9.17) is 26.4 Å². The lowest BCUT2D eigenvalue weighted by molar-refractivity contribution is 0.246. The molecule has 0 amide bonds. The van der Waals surface area contributed by atoms with E-state index in [1.54, 1.807) is 27.2 Å². The first-order valence-corrected chi connectivity index (χ1v) is 7.82. The minimum Gasteiger partial charge on any atom is -0.486 e. The zero-order valence-corrected chi connectivity index (χ0v) is 14.9. The predicted molar refractivity (Wildman–Crippen MR) is 88.5 cm³/mol. The first kappa shape index (κ1) is 18.0. The first-order chi connectivity index (χ1) is 9.76. The maximum absolute atomic E-state index is 5.51. The van der Waals surface area contributed by atoms with Crippen LogP contribution in [0.3, 0.4) is 0 Å².